The molecule has 4 heteroatoms. The van der Waals surface area contributed by atoms with Crippen LogP contribution >= 0.6 is 0 Å². The Balaban J connectivity index is 1.82. The molecule has 3 aromatic carbocycles. The van der Waals surface area contributed by atoms with E-state index in [2.05, 4.69) is 31.2 Å². The zero-order valence-electron chi connectivity index (χ0n) is 17.4. The molecule has 0 aromatic heterocycles. The summed E-state index contributed by atoms with van der Waals surface area (Å²) in [6.45, 7) is 3.59. The number of carbonyl (C=O) groups is 1. The van der Waals surface area contributed by atoms with Crippen LogP contribution in [0.1, 0.15) is 59.3 Å². The highest BCUT2D eigenvalue weighted by Gasteiger charge is 2.19. The molecule has 0 saturated carbocycles. The fourth-order valence-corrected chi connectivity index (χ4v) is 3.38. The van der Waals surface area contributed by atoms with Gasteiger partial charge in [0.2, 0.25) is 0 Å². The predicted octanol–water partition coefficient (Wildman–Crippen LogP) is 6.10. The van der Waals surface area contributed by atoms with Crippen molar-refractivity contribution in [1.82, 2.24) is 5.06 Å². The molecule has 4 nitrogen and oxygen atoms in total. The van der Waals surface area contributed by atoms with Crippen molar-refractivity contribution >= 4 is 5.97 Å². The highest BCUT2D eigenvalue weighted by atomic mass is 16.7. The molecule has 0 aliphatic carbocycles. The van der Waals surface area contributed by atoms with E-state index in [0.717, 1.165) is 42.5 Å². The van der Waals surface area contributed by atoms with E-state index in [1.807, 2.05) is 53.6 Å². The molecule has 0 aliphatic rings. The minimum absolute atomic E-state index is 0.202. The average molecular weight is 404 g/mol. The van der Waals surface area contributed by atoms with E-state index < -0.39 is 5.97 Å². The second-order valence-electron chi connectivity index (χ2n) is 7.38. The van der Waals surface area contributed by atoms with Crippen molar-refractivity contribution in [3.63, 3.8) is 0 Å². The largest absolute Gasteiger partial charge is 0.478 e. The summed E-state index contributed by atoms with van der Waals surface area (Å²) in [5.41, 5.74) is 3.52. The van der Waals surface area contributed by atoms with Gasteiger partial charge in [-0.3, -0.25) is 4.84 Å². The predicted molar refractivity (Wildman–Crippen MR) is 119 cm³/mol. The van der Waals surface area contributed by atoms with Crippen LogP contribution in [-0.2, 0) is 11.4 Å². The molecule has 0 amide bonds. The van der Waals surface area contributed by atoms with E-state index in [4.69, 9.17) is 9.94 Å². The number of benzene rings is 3. The van der Waals surface area contributed by atoms with Crippen LogP contribution in [0.4, 0.5) is 0 Å². The molecule has 0 radical (unpaired) electrons. The Kier molecular flexibility index (Phi) is 8.19. The molecule has 3 aromatic rings. The van der Waals surface area contributed by atoms with Gasteiger partial charge >= 0.3 is 5.97 Å². The smallest absolute Gasteiger partial charge is 0.335 e. The van der Waals surface area contributed by atoms with Crippen molar-refractivity contribution < 1.29 is 14.7 Å². The quantitative estimate of drug-likeness (QED) is 0.310. The van der Waals surface area contributed by atoms with Gasteiger partial charge in [-0.15, -0.1) is 0 Å². The Bertz CT molecular complexity index is 855. The third kappa shape index (κ3) is 6.28. The molecule has 0 fully saturated rings. The second kappa shape index (κ2) is 11.3. The molecule has 156 valence electrons. The topological polar surface area (TPSA) is 49.8 Å². The summed E-state index contributed by atoms with van der Waals surface area (Å²) in [4.78, 5) is 17.7. The number of nitrogens with zero attached hydrogens (tertiary/aromatic N) is 1. The van der Waals surface area contributed by atoms with Crippen LogP contribution in [-0.4, -0.2) is 22.7 Å². The van der Waals surface area contributed by atoms with Crippen LogP contribution in [0.2, 0.25) is 0 Å². The third-order valence-electron chi connectivity index (χ3n) is 5.03. The molecular weight excluding hydrogens is 374 g/mol. The first-order valence-electron chi connectivity index (χ1n) is 10.5. The summed E-state index contributed by atoms with van der Waals surface area (Å²) < 4.78 is 0. The number of rotatable bonds is 11. The summed E-state index contributed by atoms with van der Waals surface area (Å²) in [5, 5.41) is 11.1. The summed E-state index contributed by atoms with van der Waals surface area (Å²) >= 11 is 0. The van der Waals surface area contributed by atoms with Crippen LogP contribution < -0.4 is 0 Å². The molecule has 0 aliphatic heterocycles. The van der Waals surface area contributed by atoms with E-state index in [0.29, 0.717) is 12.1 Å². The van der Waals surface area contributed by atoms with Crippen molar-refractivity contribution in [3.05, 3.63) is 107 Å². The van der Waals surface area contributed by atoms with E-state index in [1.165, 1.54) is 0 Å². The van der Waals surface area contributed by atoms with Crippen molar-refractivity contribution in [1.29, 1.82) is 0 Å². The zero-order valence-corrected chi connectivity index (χ0v) is 17.4. The normalized spacial score (nSPS) is 11.2. The van der Waals surface area contributed by atoms with Crippen LogP contribution in [0.3, 0.4) is 0 Å². The lowest BCUT2D eigenvalue weighted by atomic mass is 10.0. The molecule has 0 spiro atoms. The van der Waals surface area contributed by atoms with Crippen molar-refractivity contribution in [2.75, 3.05) is 6.54 Å². The maximum atomic E-state index is 11.1. The van der Waals surface area contributed by atoms with Gasteiger partial charge in [-0.2, -0.15) is 5.06 Å². The van der Waals surface area contributed by atoms with Gasteiger partial charge in [-0.25, -0.2) is 4.79 Å². The third-order valence-corrected chi connectivity index (χ3v) is 5.03. The fourth-order valence-electron chi connectivity index (χ4n) is 3.38. The number of hydrogen-bond acceptors (Lipinski definition) is 3. The van der Waals surface area contributed by atoms with Gasteiger partial charge in [0.25, 0.3) is 0 Å². The van der Waals surface area contributed by atoms with Gasteiger partial charge in [0.1, 0.15) is 6.10 Å². The maximum absolute atomic E-state index is 11.1. The van der Waals surface area contributed by atoms with Crippen molar-refractivity contribution in [2.45, 2.75) is 38.8 Å². The van der Waals surface area contributed by atoms with Crippen molar-refractivity contribution in [3.8, 4) is 0 Å². The van der Waals surface area contributed by atoms with Gasteiger partial charge in [0.05, 0.1) is 5.56 Å². The average Bonchev–Trinajstić information content (AvgIpc) is 2.79. The number of carboxylic acid groups (broad SMARTS) is 1. The number of aromatic carboxylic acids is 1. The first-order chi connectivity index (χ1) is 14.7. The highest BCUT2D eigenvalue weighted by molar-refractivity contribution is 5.87. The first-order valence-corrected chi connectivity index (χ1v) is 10.5. The minimum atomic E-state index is -0.911. The Morgan fingerprint density at radius 1 is 0.867 bits per heavy atom. The van der Waals surface area contributed by atoms with E-state index in [1.54, 1.807) is 12.1 Å². The Hall–Kier alpha value is -2.95. The standard InChI is InChI=1S/C26H29NO3/c1-2-3-10-19-27(20-21-15-17-24(18-16-21)26(28)29)30-25(22-11-6-4-7-12-22)23-13-8-5-9-14-23/h4-9,11-18,25H,2-3,10,19-20H2,1H3,(H,28,29). The fraction of sp³-hybridized carbons (Fsp3) is 0.269. The summed E-state index contributed by atoms with van der Waals surface area (Å²) in [5.74, 6) is -0.911. The molecule has 3 rings (SSSR count). The molecule has 30 heavy (non-hydrogen) atoms. The first kappa shape index (κ1) is 21.8. The number of hydrogen-bond donors (Lipinski definition) is 1. The Labute approximate surface area is 178 Å². The van der Waals surface area contributed by atoms with Crippen molar-refractivity contribution in [2.24, 2.45) is 0 Å². The Morgan fingerprint density at radius 2 is 1.43 bits per heavy atom. The summed E-state index contributed by atoms with van der Waals surface area (Å²) in [7, 11) is 0. The van der Waals surface area contributed by atoms with Gasteiger partial charge in [0.15, 0.2) is 0 Å². The highest BCUT2D eigenvalue weighted by Crippen LogP contribution is 2.28. The number of unbranched alkanes of at least 4 members (excludes halogenated alkanes) is 2. The lowest BCUT2D eigenvalue weighted by Gasteiger charge is -2.28. The SMILES string of the molecule is CCCCCN(Cc1ccc(C(=O)O)cc1)OC(c1ccccc1)c1ccccc1. The van der Waals surface area contributed by atoms with Gasteiger partial charge < -0.3 is 5.11 Å². The van der Waals surface area contributed by atoms with E-state index in [-0.39, 0.29) is 6.10 Å². The Morgan fingerprint density at radius 3 is 1.93 bits per heavy atom. The molecule has 0 saturated heterocycles. The summed E-state index contributed by atoms with van der Waals surface area (Å²) in [6, 6.07) is 27.5. The van der Waals surface area contributed by atoms with Gasteiger partial charge in [-0.1, -0.05) is 92.6 Å². The zero-order chi connectivity index (χ0) is 21.2. The van der Waals surface area contributed by atoms with E-state index in [9.17, 15) is 4.79 Å². The van der Waals surface area contributed by atoms with Crippen LogP contribution in [0.25, 0.3) is 0 Å². The molecule has 1 N–H and O–H groups in total. The maximum Gasteiger partial charge on any atom is 0.335 e. The number of hydroxylamine groups is 2. The van der Waals surface area contributed by atoms with Crippen LogP contribution in [0, 0.1) is 0 Å². The van der Waals surface area contributed by atoms with E-state index >= 15 is 0 Å². The number of carboxylic acids is 1. The second-order valence-corrected chi connectivity index (χ2v) is 7.38. The molecule has 0 bridgehead atoms. The van der Waals surface area contributed by atoms with Crippen LogP contribution in [0.15, 0.2) is 84.9 Å². The summed E-state index contributed by atoms with van der Waals surface area (Å²) in [6.07, 6.45) is 3.12. The minimum Gasteiger partial charge on any atom is -0.478 e. The van der Waals surface area contributed by atoms with Gasteiger partial charge in [-0.05, 0) is 35.2 Å². The lowest BCUT2D eigenvalue weighted by molar-refractivity contribution is -0.196. The molecular formula is C26H29NO3. The monoisotopic (exact) mass is 403 g/mol. The molecule has 0 atom stereocenters. The molecule has 0 heterocycles. The van der Waals surface area contributed by atoms with Crippen LogP contribution in [0.5, 0.6) is 0 Å². The lowest BCUT2D eigenvalue weighted by Crippen LogP contribution is -2.27. The van der Waals surface area contributed by atoms with Gasteiger partial charge in [0, 0.05) is 13.1 Å². The molecule has 0 unspecified atom stereocenters.